The highest BCUT2D eigenvalue weighted by Gasteiger charge is 2.32. The molecule has 18 heavy (non-hydrogen) atoms. The topological polar surface area (TPSA) is 46.5 Å². The highest BCUT2D eigenvalue weighted by atomic mass is 16.5. The summed E-state index contributed by atoms with van der Waals surface area (Å²) in [5, 5.41) is 10.5. The molecule has 0 heterocycles. The van der Waals surface area contributed by atoms with E-state index < -0.39 is 12.0 Å². The maximum absolute atomic E-state index is 11.8. The Morgan fingerprint density at radius 3 is 2.44 bits per heavy atom. The van der Waals surface area contributed by atoms with Gasteiger partial charge in [-0.3, -0.25) is 4.79 Å². The second-order valence-electron chi connectivity index (χ2n) is 4.79. The zero-order valence-corrected chi connectivity index (χ0v) is 11.5. The second-order valence-corrected chi connectivity index (χ2v) is 4.79. The molecule has 0 spiro atoms. The average Bonchev–Trinajstić information content (AvgIpc) is 2.37. The van der Waals surface area contributed by atoms with E-state index in [4.69, 9.17) is 4.74 Å². The van der Waals surface area contributed by atoms with Crippen LogP contribution in [0.25, 0.3) is 0 Å². The smallest absolute Gasteiger partial charge is 0.311 e. The Labute approximate surface area is 109 Å². The fourth-order valence-corrected chi connectivity index (χ4v) is 2.24. The molecule has 100 valence electrons. The molecule has 0 saturated heterocycles. The fraction of sp³-hybridized carbons (Fsp3) is 0.533. The first-order valence-corrected chi connectivity index (χ1v) is 6.36. The van der Waals surface area contributed by atoms with Crippen molar-refractivity contribution in [3.05, 3.63) is 35.4 Å². The van der Waals surface area contributed by atoms with Crippen LogP contribution < -0.4 is 0 Å². The highest BCUT2D eigenvalue weighted by Crippen LogP contribution is 2.31. The first-order chi connectivity index (χ1) is 8.52. The molecular formula is C15H22O3. The van der Waals surface area contributed by atoms with Crippen molar-refractivity contribution in [3.8, 4) is 0 Å². The van der Waals surface area contributed by atoms with Gasteiger partial charge in [0.15, 0.2) is 0 Å². The molecule has 1 rings (SSSR count). The predicted molar refractivity (Wildman–Crippen MR) is 71.1 cm³/mol. The number of aryl methyl sites for hydroxylation is 1. The lowest BCUT2D eigenvalue weighted by Gasteiger charge is -2.25. The quantitative estimate of drug-likeness (QED) is 0.817. The third-order valence-corrected chi connectivity index (χ3v) is 3.29. The van der Waals surface area contributed by atoms with E-state index in [-0.39, 0.29) is 11.9 Å². The van der Waals surface area contributed by atoms with Gasteiger partial charge in [0, 0.05) is 0 Å². The number of hydrogen-bond acceptors (Lipinski definition) is 3. The fourth-order valence-electron chi connectivity index (χ4n) is 2.24. The molecule has 2 unspecified atom stereocenters. The van der Waals surface area contributed by atoms with Crippen molar-refractivity contribution >= 4 is 5.97 Å². The summed E-state index contributed by atoms with van der Waals surface area (Å²) in [6, 6.07) is 7.68. The van der Waals surface area contributed by atoms with Crippen LogP contribution in [0, 0.1) is 11.8 Å². The van der Waals surface area contributed by atoms with Gasteiger partial charge in [-0.25, -0.2) is 0 Å². The van der Waals surface area contributed by atoms with Crippen LogP contribution in [0.2, 0.25) is 0 Å². The number of hydrogen-bond donors (Lipinski definition) is 1. The van der Waals surface area contributed by atoms with Crippen LogP contribution in [-0.4, -0.2) is 18.2 Å². The van der Waals surface area contributed by atoms with Gasteiger partial charge in [0.1, 0.15) is 0 Å². The predicted octanol–water partition coefficient (Wildman–Crippen LogP) is 2.73. The largest absolute Gasteiger partial charge is 0.469 e. The van der Waals surface area contributed by atoms with Gasteiger partial charge in [0.2, 0.25) is 0 Å². The number of rotatable bonds is 5. The van der Waals surface area contributed by atoms with Crippen molar-refractivity contribution in [2.45, 2.75) is 33.3 Å². The van der Waals surface area contributed by atoms with Gasteiger partial charge in [-0.1, -0.05) is 45.0 Å². The van der Waals surface area contributed by atoms with Crippen molar-refractivity contribution in [2.75, 3.05) is 7.11 Å². The van der Waals surface area contributed by atoms with E-state index >= 15 is 0 Å². The molecule has 0 saturated carbocycles. The minimum absolute atomic E-state index is 0.0253. The van der Waals surface area contributed by atoms with E-state index in [0.717, 1.165) is 17.5 Å². The Hall–Kier alpha value is -1.35. The molecule has 2 atom stereocenters. The molecule has 3 heteroatoms. The molecule has 1 aromatic carbocycles. The molecule has 0 amide bonds. The molecule has 1 aromatic rings. The lowest BCUT2D eigenvalue weighted by atomic mass is 9.84. The lowest BCUT2D eigenvalue weighted by Crippen LogP contribution is -2.28. The minimum Gasteiger partial charge on any atom is -0.469 e. The van der Waals surface area contributed by atoms with Gasteiger partial charge in [-0.2, -0.15) is 0 Å². The number of aliphatic hydroxyl groups is 1. The molecule has 0 radical (unpaired) electrons. The summed E-state index contributed by atoms with van der Waals surface area (Å²) in [7, 11) is 1.36. The van der Waals surface area contributed by atoms with Gasteiger partial charge < -0.3 is 9.84 Å². The molecule has 1 N–H and O–H groups in total. The van der Waals surface area contributed by atoms with Gasteiger partial charge in [-0.15, -0.1) is 0 Å². The molecule has 3 nitrogen and oxygen atoms in total. The molecule has 0 aromatic heterocycles. The van der Waals surface area contributed by atoms with Crippen molar-refractivity contribution in [1.29, 1.82) is 0 Å². The van der Waals surface area contributed by atoms with Crippen LogP contribution in [-0.2, 0) is 16.0 Å². The van der Waals surface area contributed by atoms with E-state index in [9.17, 15) is 9.90 Å². The summed E-state index contributed by atoms with van der Waals surface area (Å²) in [4.78, 5) is 11.8. The van der Waals surface area contributed by atoms with Crippen molar-refractivity contribution in [2.24, 2.45) is 11.8 Å². The average molecular weight is 250 g/mol. The summed E-state index contributed by atoms with van der Waals surface area (Å²) in [5.41, 5.74) is 1.89. The van der Waals surface area contributed by atoms with Gasteiger partial charge >= 0.3 is 5.97 Å². The maximum atomic E-state index is 11.8. The number of benzene rings is 1. The van der Waals surface area contributed by atoms with Gasteiger partial charge in [0.25, 0.3) is 0 Å². The Morgan fingerprint density at radius 1 is 1.33 bits per heavy atom. The zero-order chi connectivity index (χ0) is 13.7. The lowest BCUT2D eigenvalue weighted by molar-refractivity contribution is -0.152. The third-order valence-electron chi connectivity index (χ3n) is 3.29. The number of aliphatic hydroxyl groups excluding tert-OH is 1. The molecule has 0 aliphatic heterocycles. The van der Waals surface area contributed by atoms with Gasteiger partial charge in [0.05, 0.1) is 19.1 Å². The Morgan fingerprint density at radius 2 is 1.94 bits per heavy atom. The summed E-state index contributed by atoms with van der Waals surface area (Å²) < 4.78 is 4.79. The maximum Gasteiger partial charge on any atom is 0.311 e. The SMILES string of the molecule is CCc1ccccc1C(O)C(C(=O)OC)C(C)C. The Bertz CT molecular complexity index is 398. The molecule has 0 bridgehead atoms. The van der Waals surface area contributed by atoms with Crippen molar-refractivity contribution in [3.63, 3.8) is 0 Å². The normalized spacial score (nSPS) is 14.3. The highest BCUT2D eigenvalue weighted by molar-refractivity contribution is 5.73. The monoisotopic (exact) mass is 250 g/mol. The van der Waals surface area contributed by atoms with Crippen LogP contribution in [0.3, 0.4) is 0 Å². The van der Waals surface area contributed by atoms with Crippen LogP contribution in [0.1, 0.15) is 38.0 Å². The number of ether oxygens (including phenoxy) is 1. The second kappa shape index (κ2) is 6.55. The van der Waals surface area contributed by atoms with Gasteiger partial charge in [-0.05, 0) is 23.5 Å². The minimum atomic E-state index is -0.811. The molecular weight excluding hydrogens is 228 g/mol. The standard InChI is InChI=1S/C15H22O3/c1-5-11-8-6-7-9-12(11)14(16)13(10(2)3)15(17)18-4/h6-10,13-14,16H,5H2,1-4H3. The van der Waals surface area contributed by atoms with Crippen LogP contribution in [0.15, 0.2) is 24.3 Å². The van der Waals surface area contributed by atoms with Crippen molar-refractivity contribution < 1.29 is 14.6 Å². The summed E-state index contributed by atoms with van der Waals surface area (Å²) in [6.07, 6.45) is 0.0211. The zero-order valence-electron chi connectivity index (χ0n) is 11.5. The Balaban J connectivity index is 3.09. The summed E-state index contributed by atoms with van der Waals surface area (Å²) >= 11 is 0. The number of esters is 1. The first kappa shape index (κ1) is 14.7. The van der Waals surface area contributed by atoms with Crippen LogP contribution in [0.5, 0.6) is 0 Å². The van der Waals surface area contributed by atoms with E-state index in [2.05, 4.69) is 0 Å². The summed E-state index contributed by atoms with van der Waals surface area (Å²) in [5.74, 6) is -0.858. The van der Waals surface area contributed by atoms with Crippen LogP contribution in [0.4, 0.5) is 0 Å². The van der Waals surface area contributed by atoms with E-state index in [1.807, 2.05) is 45.0 Å². The first-order valence-electron chi connectivity index (χ1n) is 6.36. The number of carbonyl (C=O) groups excluding carboxylic acids is 1. The van der Waals surface area contributed by atoms with E-state index in [0.29, 0.717) is 0 Å². The van der Waals surface area contributed by atoms with E-state index in [1.165, 1.54) is 7.11 Å². The molecule has 0 aliphatic rings. The van der Waals surface area contributed by atoms with Crippen molar-refractivity contribution in [1.82, 2.24) is 0 Å². The number of carbonyl (C=O) groups is 1. The molecule has 0 fully saturated rings. The summed E-state index contributed by atoms with van der Waals surface area (Å²) in [6.45, 7) is 5.87. The number of methoxy groups -OCH3 is 1. The molecule has 0 aliphatic carbocycles. The van der Waals surface area contributed by atoms with Crippen LogP contribution >= 0.6 is 0 Å². The Kier molecular flexibility index (Phi) is 5.35. The third kappa shape index (κ3) is 3.10. The van der Waals surface area contributed by atoms with E-state index in [1.54, 1.807) is 0 Å².